The first-order chi connectivity index (χ1) is 6.36. The number of rotatable bonds is 1. The molecule has 0 radical (unpaired) electrons. The highest BCUT2D eigenvalue weighted by molar-refractivity contribution is 5.36. The minimum atomic E-state index is -0.302. The van der Waals surface area contributed by atoms with E-state index < -0.39 is 0 Å². The molecule has 0 aliphatic carbocycles. The summed E-state index contributed by atoms with van der Waals surface area (Å²) in [5, 5.41) is 0. The average molecular weight is 181 g/mol. The Morgan fingerprint density at radius 1 is 1.46 bits per heavy atom. The zero-order valence-electron chi connectivity index (χ0n) is 7.19. The monoisotopic (exact) mass is 181 g/mol. The van der Waals surface area contributed by atoms with Crippen molar-refractivity contribution >= 4 is 5.82 Å². The van der Waals surface area contributed by atoms with Gasteiger partial charge in [-0.1, -0.05) is 0 Å². The van der Waals surface area contributed by atoms with Crippen molar-refractivity contribution in [3.8, 4) is 0 Å². The van der Waals surface area contributed by atoms with Gasteiger partial charge in [0.1, 0.15) is 5.82 Å². The number of hydrogen-bond acceptors (Lipinski definition) is 4. The van der Waals surface area contributed by atoms with Crippen LogP contribution in [0.5, 0.6) is 0 Å². The molecule has 0 spiro atoms. The van der Waals surface area contributed by atoms with Gasteiger partial charge in [-0.05, 0) is 6.07 Å². The topological polar surface area (TPSA) is 58.2 Å². The van der Waals surface area contributed by atoms with Crippen molar-refractivity contribution in [3.05, 3.63) is 22.7 Å². The van der Waals surface area contributed by atoms with Gasteiger partial charge in [-0.2, -0.15) is 4.98 Å². The molecule has 1 aliphatic rings. The van der Waals surface area contributed by atoms with Crippen molar-refractivity contribution in [3.63, 3.8) is 0 Å². The zero-order valence-corrected chi connectivity index (χ0v) is 7.19. The molecular weight excluding hydrogens is 170 g/mol. The van der Waals surface area contributed by atoms with E-state index in [0.29, 0.717) is 13.2 Å². The summed E-state index contributed by atoms with van der Waals surface area (Å²) in [5.74, 6) is 0.729. The Kier molecular flexibility index (Phi) is 2.27. The molecule has 1 aromatic heterocycles. The van der Waals surface area contributed by atoms with Gasteiger partial charge in [0.2, 0.25) is 0 Å². The first-order valence-corrected chi connectivity index (χ1v) is 4.25. The molecule has 2 rings (SSSR count). The fraction of sp³-hybridized carbons (Fsp3) is 0.500. The van der Waals surface area contributed by atoms with Gasteiger partial charge in [0.25, 0.3) is 0 Å². The second-order valence-electron chi connectivity index (χ2n) is 2.85. The average Bonchev–Trinajstić information content (AvgIpc) is 2.19. The van der Waals surface area contributed by atoms with E-state index in [1.807, 2.05) is 4.90 Å². The van der Waals surface area contributed by atoms with Crippen molar-refractivity contribution in [1.82, 2.24) is 9.97 Å². The first-order valence-electron chi connectivity index (χ1n) is 4.25. The quantitative estimate of drug-likeness (QED) is 0.640. The van der Waals surface area contributed by atoms with E-state index in [1.165, 1.54) is 0 Å². The summed E-state index contributed by atoms with van der Waals surface area (Å²) in [4.78, 5) is 19.3. The zero-order chi connectivity index (χ0) is 9.10. The smallest absolute Gasteiger partial charge is 0.346 e. The van der Waals surface area contributed by atoms with Gasteiger partial charge >= 0.3 is 5.69 Å². The van der Waals surface area contributed by atoms with E-state index in [0.717, 1.165) is 18.9 Å². The lowest BCUT2D eigenvalue weighted by molar-refractivity contribution is 0.122. The van der Waals surface area contributed by atoms with Crippen LogP contribution < -0.4 is 10.6 Å². The molecule has 1 aliphatic heterocycles. The maximum atomic E-state index is 10.9. The van der Waals surface area contributed by atoms with Crippen molar-refractivity contribution in [2.75, 3.05) is 31.2 Å². The maximum Gasteiger partial charge on any atom is 0.346 e. The first kappa shape index (κ1) is 8.25. The van der Waals surface area contributed by atoms with Gasteiger partial charge in [0.05, 0.1) is 13.2 Å². The number of morpholine rings is 1. The third kappa shape index (κ3) is 1.86. The third-order valence-electron chi connectivity index (χ3n) is 1.99. The number of hydrogen-bond donors (Lipinski definition) is 1. The normalized spacial score (nSPS) is 17.4. The number of aromatic amines is 1. The van der Waals surface area contributed by atoms with Crippen molar-refractivity contribution in [2.24, 2.45) is 0 Å². The fourth-order valence-corrected chi connectivity index (χ4v) is 1.33. The minimum absolute atomic E-state index is 0.302. The molecule has 0 unspecified atom stereocenters. The Balaban J connectivity index is 2.19. The molecule has 1 N–H and O–H groups in total. The van der Waals surface area contributed by atoms with Crippen LogP contribution >= 0.6 is 0 Å². The van der Waals surface area contributed by atoms with Crippen molar-refractivity contribution in [1.29, 1.82) is 0 Å². The molecule has 0 bridgehead atoms. The Bertz CT molecular complexity index is 330. The van der Waals surface area contributed by atoms with Crippen molar-refractivity contribution < 1.29 is 4.74 Å². The van der Waals surface area contributed by atoms with Gasteiger partial charge in [-0.25, -0.2) is 4.79 Å². The third-order valence-corrected chi connectivity index (χ3v) is 1.99. The highest BCUT2D eigenvalue weighted by Crippen LogP contribution is 2.08. The van der Waals surface area contributed by atoms with Crippen LogP contribution in [0.3, 0.4) is 0 Å². The Hall–Kier alpha value is -1.36. The minimum Gasteiger partial charge on any atom is -0.378 e. The molecule has 2 heterocycles. The van der Waals surface area contributed by atoms with E-state index in [4.69, 9.17) is 4.74 Å². The molecule has 5 heteroatoms. The molecule has 0 amide bonds. The van der Waals surface area contributed by atoms with E-state index in [9.17, 15) is 4.79 Å². The summed E-state index contributed by atoms with van der Waals surface area (Å²) in [6, 6.07) is 1.80. The Morgan fingerprint density at radius 3 is 2.92 bits per heavy atom. The lowest BCUT2D eigenvalue weighted by Crippen LogP contribution is -2.37. The molecule has 0 atom stereocenters. The summed E-state index contributed by atoms with van der Waals surface area (Å²) in [7, 11) is 0. The molecule has 70 valence electrons. The van der Waals surface area contributed by atoms with Crippen LogP contribution in [0.4, 0.5) is 5.82 Å². The van der Waals surface area contributed by atoms with E-state index in [1.54, 1.807) is 12.3 Å². The largest absolute Gasteiger partial charge is 0.378 e. The number of anilines is 1. The predicted molar refractivity (Wildman–Crippen MR) is 47.9 cm³/mol. The summed E-state index contributed by atoms with van der Waals surface area (Å²) < 4.78 is 5.20. The molecule has 5 nitrogen and oxygen atoms in total. The van der Waals surface area contributed by atoms with Crippen LogP contribution in [0.2, 0.25) is 0 Å². The van der Waals surface area contributed by atoms with Crippen LogP contribution in [0, 0.1) is 0 Å². The second-order valence-corrected chi connectivity index (χ2v) is 2.85. The predicted octanol–water partition coefficient (Wildman–Crippen LogP) is -0.394. The van der Waals surface area contributed by atoms with Crippen LogP contribution in [-0.2, 0) is 4.74 Å². The standard InChI is InChI=1S/C8H11N3O2/c12-8-9-2-1-7(10-8)11-3-5-13-6-4-11/h1-2H,3-6H2,(H,9,10,12). The summed E-state index contributed by atoms with van der Waals surface area (Å²) >= 11 is 0. The summed E-state index contributed by atoms with van der Waals surface area (Å²) in [6.45, 7) is 3.01. The molecule has 0 aromatic carbocycles. The van der Waals surface area contributed by atoms with Gasteiger partial charge in [0.15, 0.2) is 0 Å². The van der Waals surface area contributed by atoms with Crippen molar-refractivity contribution in [2.45, 2.75) is 0 Å². The number of nitrogens with one attached hydrogen (secondary N) is 1. The van der Waals surface area contributed by atoms with Gasteiger partial charge in [-0.3, -0.25) is 0 Å². The number of ether oxygens (including phenoxy) is 1. The molecular formula is C8H11N3O2. The van der Waals surface area contributed by atoms with Crippen LogP contribution in [0.15, 0.2) is 17.1 Å². The molecule has 13 heavy (non-hydrogen) atoms. The SMILES string of the molecule is O=c1nc(N2CCOCC2)cc[nH]1. The lowest BCUT2D eigenvalue weighted by Gasteiger charge is -2.27. The molecule has 1 fully saturated rings. The fourth-order valence-electron chi connectivity index (χ4n) is 1.33. The van der Waals surface area contributed by atoms with E-state index in [2.05, 4.69) is 9.97 Å². The Morgan fingerprint density at radius 2 is 2.23 bits per heavy atom. The van der Waals surface area contributed by atoms with Crippen LogP contribution in [0.25, 0.3) is 0 Å². The van der Waals surface area contributed by atoms with Crippen LogP contribution in [0.1, 0.15) is 0 Å². The van der Waals surface area contributed by atoms with Gasteiger partial charge in [-0.15, -0.1) is 0 Å². The molecule has 1 aromatic rings. The Labute approximate surface area is 75.4 Å². The van der Waals surface area contributed by atoms with Gasteiger partial charge < -0.3 is 14.6 Å². The second kappa shape index (κ2) is 3.57. The summed E-state index contributed by atoms with van der Waals surface area (Å²) in [5.41, 5.74) is -0.302. The number of H-pyrrole nitrogens is 1. The molecule has 0 saturated carbocycles. The summed E-state index contributed by atoms with van der Waals surface area (Å²) in [6.07, 6.45) is 1.61. The number of aromatic nitrogens is 2. The lowest BCUT2D eigenvalue weighted by atomic mass is 10.4. The van der Waals surface area contributed by atoms with Gasteiger partial charge in [0, 0.05) is 19.3 Å². The highest BCUT2D eigenvalue weighted by atomic mass is 16.5. The van der Waals surface area contributed by atoms with E-state index >= 15 is 0 Å². The maximum absolute atomic E-state index is 10.9. The number of nitrogens with zero attached hydrogens (tertiary/aromatic N) is 2. The molecule has 1 saturated heterocycles. The highest BCUT2D eigenvalue weighted by Gasteiger charge is 2.11. The van der Waals surface area contributed by atoms with E-state index in [-0.39, 0.29) is 5.69 Å². The van der Waals surface area contributed by atoms with Crippen LogP contribution in [-0.4, -0.2) is 36.3 Å².